The maximum Gasteiger partial charge on any atom is 0.227 e. The lowest BCUT2D eigenvalue weighted by Gasteiger charge is -2.26. The summed E-state index contributed by atoms with van der Waals surface area (Å²) in [4.78, 5) is 7.62. The van der Waals surface area contributed by atoms with Gasteiger partial charge < -0.3 is 22.7 Å². The van der Waals surface area contributed by atoms with Gasteiger partial charge >= 0.3 is 0 Å². The van der Waals surface area contributed by atoms with Crippen LogP contribution in [0.2, 0.25) is 0 Å². The topological polar surface area (TPSA) is 60.5 Å². The van der Waals surface area contributed by atoms with Gasteiger partial charge in [0, 0.05) is 44.2 Å². The smallest absolute Gasteiger partial charge is 0.227 e. The van der Waals surface area contributed by atoms with Crippen LogP contribution in [0, 0.1) is 0 Å². The predicted octanol–water partition coefficient (Wildman–Crippen LogP) is 13.9. The Labute approximate surface area is 313 Å². The summed E-state index contributed by atoms with van der Waals surface area (Å²) >= 11 is 0. The molecule has 0 radical (unpaired) electrons. The number of furan rings is 2. The molecule has 0 spiro atoms. The monoisotopic (exact) mass is 707 g/mol. The molecule has 12 aromatic rings. The quantitative estimate of drug-likeness (QED) is 0.178. The number of oxazole rings is 1. The summed E-state index contributed by atoms with van der Waals surface area (Å²) in [6, 6.07) is 60.6. The van der Waals surface area contributed by atoms with Crippen LogP contribution in [0.15, 0.2) is 189 Å². The van der Waals surface area contributed by atoms with Crippen LogP contribution in [0.4, 0.5) is 17.1 Å². The third kappa shape index (κ3) is 4.33. The number of nitrogens with zero attached hydrogens (tertiary/aromatic N) is 3. The van der Waals surface area contributed by atoms with Crippen molar-refractivity contribution in [2.24, 2.45) is 0 Å². The lowest BCUT2D eigenvalue weighted by atomic mass is 10.0. The number of hydrogen-bond acceptors (Lipinski definition) is 5. The lowest BCUT2D eigenvalue weighted by molar-refractivity contribution is 0.622. The van der Waals surface area contributed by atoms with Crippen molar-refractivity contribution in [2.75, 3.05) is 4.90 Å². The second-order valence-electron chi connectivity index (χ2n) is 13.9. The SMILES string of the molecule is c1ccc(-c2nc3c(N(c4cccc5c4oc4ccccc45)c4cccc5c4c4ccccc4n5-c4ccccc4)cc4oc5ccccc5c4c3o2)cc1. The summed E-state index contributed by atoms with van der Waals surface area (Å²) in [6.07, 6.45) is 0. The molecule has 4 aromatic heterocycles. The maximum absolute atomic E-state index is 6.83. The minimum absolute atomic E-state index is 0.537. The van der Waals surface area contributed by atoms with E-state index >= 15 is 0 Å². The Morgan fingerprint density at radius 2 is 1.05 bits per heavy atom. The van der Waals surface area contributed by atoms with Crippen molar-refractivity contribution < 1.29 is 13.3 Å². The molecule has 8 aromatic carbocycles. The van der Waals surface area contributed by atoms with Crippen LogP contribution in [-0.2, 0) is 0 Å². The summed E-state index contributed by atoms with van der Waals surface area (Å²) in [5.74, 6) is 0.537. The van der Waals surface area contributed by atoms with Gasteiger partial charge in [0.2, 0.25) is 5.89 Å². The molecule has 6 heteroatoms. The third-order valence-electron chi connectivity index (χ3n) is 10.8. The molecule has 0 amide bonds. The van der Waals surface area contributed by atoms with E-state index in [-0.39, 0.29) is 0 Å². The molecule has 0 aliphatic rings. The molecule has 258 valence electrons. The molecular formula is C49H29N3O3. The van der Waals surface area contributed by atoms with Gasteiger partial charge in [-0.05, 0) is 60.7 Å². The van der Waals surface area contributed by atoms with Crippen LogP contribution in [-0.4, -0.2) is 9.55 Å². The van der Waals surface area contributed by atoms with E-state index in [9.17, 15) is 0 Å². The predicted molar refractivity (Wildman–Crippen MR) is 223 cm³/mol. The van der Waals surface area contributed by atoms with Crippen molar-refractivity contribution >= 4 is 93.8 Å². The average Bonchev–Trinajstić information content (AvgIpc) is 4.02. The van der Waals surface area contributed by atoms with Crippen molar-refractivity contribution in [3.63, 3.8) is 0 Å². The van der Waals surface area contributed by atoms with E-state index in [1.54, 1.807) is 0 Å². The standard InChI is InChI=1S/C49H29N3O3/c1-3-15-30(16-4-1)49-50-46-40(29-43-45(48(46)55-49)35-21-9-12-28-42(35)53-43)52(39-26-13-22-33-32-19-8-11-27-41(32)54-47(33)39)38-25-14-24-37-44(38)34-20-7-10-23-36(34)51(37)31-17-5-2-6-18-31/h1-29H. The summed E-state index contributed by atoms with van der Waals surface area (Å²) in [7, 11) is 0. The van der Waals surface area contributed by atoms with Gasteiger partial charge in [-0.15, -0.1) is 0 Å². The molecule has 0 saturated carbocycles. The Balaban J connectivity index is 1.26. The van der Waals surface area contributed by atoms with E-state index in [1.807, 2.05) is 60.7 Å². The fourth-order valence-corrected chi connectivity index (χ4v) is 8.47. The second kappa shape index (κ2) is 11.5. The van der Waals surface area contributed by atoms with Gasteiger partial charge in [-0.25, -0.2) is 4.98 Å². The van der Waals surface area contributed by atoms with Crippen LogP contribution >= 0.6 is 0 Å². The number of rotatable bonds is 5. The largest absolute Gasteiger partial charge is 0.456 e. The molecule has 12 rings (SSSR count). The Morgan fingerprint density at radius 3 is 1.89 bits per heavy atom. The number of hydrogen-bond donors (Lipinski definition) is 0. The molecule has 0 saturated heterocycles. The van der Waals surface area contributed by atoms with Crippen molar-refractivity contribution in [2.45, 2.75) is 0 Å². The van der Waals surface area contributed by atoms with Crippen molar-refractivity contribution in [3.05, 3.63) is 176 Å². The number of fused-ring (bicyclic) bond motifs is 11. The fraction of sp³-hybridized carbons (Fsp3) is 0. The third-order valence-corrected chi connectivity index (χ3v) is 10.8. The van der Waals surface area contributed by atoms with Gasteiger partial charge in [-0.2, -0.15) is 0 Å². The summed E-state index contributed by atoms with van der Waals surface area (Å²) < 4.78 is 22.6. The highest BCUT2D eigenvalue weighted by molar-refractivity contribution is 6.23. The molecule has 55 heavy (non-hydrogen) atoms. The highest BCUT2D eigenvalue weighted by Gasteiger charge is 2.29. The number of anilines is 3. The molecule has 0 aliphatic carbocycles. The summed E-state index contributed by atoms with van der Waals surface area (Å²) in [6.45, 7) is 0. The van der Waals surface area contributed by atoms with Crippen LogP contribution in [0.5, 0.6) is 0 Å². The van der Waals surface area contributed by atoms with Gasteiger partial charge in [-0.3, -0.25) is 0 Å². The highest BCUT2D eigenvalue weighted by Crippen LogP contribution is 2.50. The van der Waals surface area contributed by atoms with E-state index in [4.69, 9.17) is 18.2 Å². The zero-order valence-corrected chi connectivity index (χ0v) is 29.3. The summed E-state index contributed by atoms with van der Waals surface area (Å²) in [5, 5.41) is 6.19. The zero-order chi connectivity index (χ0) is 36.0. The zero-order valence-electron chi connectivity index (χ0n) is 29.3. The van der Waals surface area contributed by atoms with Crippen molar-refractivity contribution in [1.29, 1.82) is 0 Å². The van der Waals surface area contributed by atoms with Gasteiger partial charge in [-0.1, -0.05) is 109 Å². The Morgan fingerprint density at radius 1 is 0.418 bits per heavy atom. The van der Waals surface area contributed by atoms with Gasteiger partial charge in [0.25, 0.3) is 0 Å². The molecule has 0 unspecified atom stereocenters. The molecule has 6 nitrogen and oxygen atoms in total. The van der Waals surface area contributed by atoms with Crippen molar-refractivity contribution in [3.8, 4) is 17.1 Å². The molecule has 0 aliphatic heterocycles. The maximum atomic E-state index is 6.83. The van der Waals surface area contributed by atoms with Crippen LogP contribution in [0.25, 0.3) is 93.9 Å². The number of aromatic nitrogens is 2. The first-order valence-electron chi connectivity index (χ1n) is 18.4. The second-order valence-corrected chi connectivity index (χ2v) is 13.9. The van der Waals surface area contributed by atoms with E-state index < -0.39 is 0 Å². The number of para-hydroxylation sites is 5. The summed E-state index contributed by atoms with van der Waals surface area (Å²) in [5.41, 5.74) is 11.3. The molecule has 4 heterocycles. The molecule has 0 fully saturated rings. The Hall–Kier alpha value is -7.57. The molecule has 0 atom stereocenters. The van der Waals surface area contributed by atoms with E-state index in [0.717, 1.165) is 93.9 Å². The van der Waals surface area contributed by atoms with E-state index in [1.165, 1.54) is 0 Å². The molecule has 0 bridgehead atoms. The Bertz CT molecular complexity index is 3440. The fourth-order valence-electron chi connectivity index (χ4n) is 8.47. The molecule has 0 N–H and O–H groups in total. The number of benzene rings is 8. The van der Waals surface area contributed by atoms with Crippen molar-refractivity contribution in [1.82, 2.24) is 9.55 Å². The molecular weight excluding hydrogens is 679 g/mol. The van der Waals surface area contributed by atoms with E-state index in [0.29, 0.717) is 17.1 Å². The average molecular weight is 708 g/mol. The van der Waals surface area contributed by atoms with Gasteiger partial charge in [0.15, 0.2) is 11.2 Å². The lowest BCUT2D eigenvalue weighted by Crippen LogP contribution is -2.11. The minimum atomic E-state index is 0.537. The van der Waals surface area contributed by atoms with Crippen LogP contribution in [0.3, 0.4) is 0 Å². The van der Waals surface area contributed by atoms with Gasteiger partial charge in [0.05, 0.1) is 33.5 Å². The first kappa shape index (κ1) is 29.9. The normalized spacial score (nSPS) is 12.0. The van der Waals surface area contributed by atoms with Crippen LogP contribution < -0.4 is 4.90 Å². The van der Waals surface area contributed by atoms with Crippen LogP contribution in [0.1, 0.15) is 0 Å². The van der Waals surface area contributed by atoms with E-state index in [2.05, 4.69) is 125 Å². The highest BCUT2D eigenvalue weighted by atomic mass is 16.4. The minimum Gasteiger partial charge on any atom is -0.456 e. The Kier molecular flexibility index (Phi) is 6.24. The first-order valence-corrected chi connectivity index (χ1v) is 18.4. The van der Waals surface area contributed by atoms with Gasteiger partial charge in [0.1, 0.15) is 22.3 Å². The first-order chi connectivity index (χ1) is 27.3.